The van der Waals surface area contributed by atoms with Crippen LogP contribution in [0.4, 0.5) is 0 Å². The number of aromatic nitrogens is 4. The number of rotatable bonds is 5. The normalized spacial score (nSPS) is 21.9. The van der Waals surface area contributed by atoms with Crippen molar-refractivity contribution in [3.05, 3.63) is 24.5 Å². The van der Waals surface area contributed by atoms with Crippen LogP contribution in [0, 0.1) is 0 Å². The molecular weight excluding hydrogens is 296 g/mol. The molecule has 5 nitrogen and oxygen atoms in total. The van der Waals surface area contributed by atoms with E-state index in [-0.39, 0.29) is 0 Å². The summed E-state index contributed by atoms with van der Waals surface area (Å²) in [6, 6.07) is 3.96. The first kappa shape index (κ1) is 15.5. The molecular formula is C16H22N4OS. The highest BCUT2D eigenvalue weighted by molar-refractivity contribution is 7.99. The van der Waals surface area contributed by atoms with E-state index in [1.165, 1.54) is 19.3 Å². The van der Waals surface area contributed by atoms with Gasteiger partial charge >= 0.3 is 0 Å². The summed E-state index contributed by atoms with van der Waals surface area (Å²) in [7, 11) is 1.81. The predicted octanol–water partition coefficient (Wildman–Crippen LogP) is 3.41. The van der Waals surface area contributed by atoms with Gasteiger partial charge in [0.15, 0.2) is 11.0 Å². The summed E-state index contributed by atoms with van der Waals surface area (Å²) in [6.07, 6.45) is 8.73. The van der Waals surface area contributed by atoms with Gasteiger partial charge in [0.05, 0.1) is 6.10 Å². The van der Waals surface area contributed by atoms with Gasteiger partial charge in [0.1, 0.15) is 0 Å². The molecule has 22 heavy (non-hydrogen) atoms. The molecule has 1 aliphatic rings. The fourth-order valence-corrected chi connectivity index (χ4v) is 4.27. The summed E-state index contributed by atoms with van der Waals surface area (Å²) >= 11 is 1.84. The first-order valence-corrected chi connectivity index (χ1v) is 8.72. The molecule has 2 aromatic rings. The smallest absolute Gasteiger partial charge is 0.191 e. The Balaban J connectivity index is 1.78. The van der Waals surface area contributed by atoms with Gasteiger partial charge in [-0.15, -0.1) is 10.2 Å². The number of pyridine rings is 1. The molecule has 6 heteroatoms. The molecule has 1 saturated carbocycles. The Labute approximate surface area is 135 Å². The summed E-state index contributed by atoms with van der Waals surface area (Å²) in [5.41, 5.74) is 1.02. The topological polar surface area (TPSA) is 52.8 Å². The van der Waals surface area contributed by atoms with Gasteiger partial charge in [-0.3, -0.25) is 4.98 Å². The summed E-state index contributed by atoms with van der Waals surface area (Å²) in [6.45, 7) is 2.99. The van der Waals surface area contributed by atoms with Crippen molar-refractivity contribution in [1.29, 1.82) is 0 Å². The summed E-state index contributed by atoms with van der Waals surface area (Å²) in [5, 5.41) is 10.4. The molecule has 2 unspecified atom stereocenters. The number of nitrogens with zero attached hydrogens (tertiary/aromatic N) is 4. The van der Waals surface area contributed by atoms with Crippen LogP contribution in [-0.2, 0) is 11.3 Å². The van der Waals surface area contributed by atoms with E-state index in [1.54, 1.807) is 6.20 Å². The maximum atomic E-state index is 5.53. The standard InChI is InChI=1S/C16H22N4OS/c1-3-20-15(12-6-5-9-17-11-12)18-19-16(20)22-14-8-4-7-13(10-14)21-2/h5-6,9,11,13-14H,3-4,7-8,10H2,1-2H3. The Hall–Kier alpha value is -1.40. The van der Waals surface area contributed by atoms with Crippen LogP contribution >= 0.6 is 11.8 Å². The Morgan fingerprint density at radius 2 is 2.27 bits per heavy atom. The van der Waals surface area contributed by atoms with Crippen molar-refractivity contribution in [2.45, 2.75) is 55.7 Å². The fourth-order valence-electron chi connectivity index (χ4n) is 2.94. The zero-order chi connectivity index (χ0) is 15.4. The Morgan fingerprint density at radius 1 is 1.36 bits per heavy atom. The molecule has 0 N–H and O–H groups in total. The average molecular weight is 318 g/mol. The van der Waals surface area contributed by atoms with Crippen molar-refractivity contribution in [2.24, 2.45) is 0 Å². The molecule has 1 aliphatic carbocycles. The number of hydrogen-bond donors (Lipinski definition) is 0. The second kappa shape index (κ2) is 7.24. The van der Waals surface area contributed by atoms with Gasteiger partial charge in [-0.05, 0) is 44.7 Å². The molecule has 2 atom stereocenters. The minimum Gasteiger partial charge on any atom is -0.381 e. The van der Waals surface area contributed by atoms with Gasteiger partial charge in [0.2, 0.25) is 0 Å². The molecule has 0 aliphatic heterocycles. The maximum Gasteiger partial charge on any atom is 0.191 e. The van der Waals surface area contributed by atoms with Gasteiger partial charge in [0, 0.05) is 36.9 Å². The molecule has 3 rings (SSSR count). The van der Waals surface area contributed by atoms with Crippen LogP contribution in [0.5, 0.6) is 0 Å². The molecule has 2 aromatic heterocycles. The monoisotopic (exact) mass is 318 g/mol. The van der Waals surface area contributed by atoms with Crippen molar-refractivity contribution < 1.29 is 4.74 Å². The van der Waals surface area contributed by atoms with E-state index in [1.807, 2.05) is 37.2 Å². The maximum absolute atomic E-state index is 5.53. The highest BCUT2D eigenvalue weighted by Gasteiger charge is 2.25. The van der Waals surface area contributed by atoms with Gasteiger partial charge in [-0.25, -0.2) is 0 Å². The van der Waals surface area contributed by atoms with Crippen LogP contribution < -0.4 is 0 Å². The number of methoxy groups -OCH3 is 1. The van der Waals surface area contributed by atoms with Gasteiger partial charge in [-0.1, -0.05) is 11.8 Å². The molecule has 0 amide bonds. The van der Waals surface area contributed by atoms with Crippen LogP contribution in [0.3, 0.4) is 0 Å². The Morgan fingerprint density at radius 3 is 3.00 bits per heavy atom. The van der Waals surface area contributed by atoms with Crippen molar-refractivity contribution in [3.63, 3.8) is 0 Å². The Kier molecular flexibility index (Phi) is 5.10. The quantitative estimate of drug-likeness (QED) is 0.845. The zero-order valence-electron chi connectivity index (χ0n) is 13.1. The first-order chi connectivity index (χ1) is 10.8. The van der Waals surface area contributed by atoms with Crippen molar-refractivity contribution in [2.75, 3.05) is 7.11 Å². The highest BCUT2D eigenvalue weighted by atomic mass is 32.2. The van der Waals surface area contributed by atoms with E-state index in [0.29, 0.717) is 11.4 Å². The van der Waals surface area contributed by atoms with Crippen LogP contribution in [0.1, 0.15) is 32.6 Å². The van der Waals surface area contributed by atoms with E-state index >= 15 is 0 Å². The van der Waals surface area contributed by atoms with Crippen LogP contribution in [0.15, 0.2) is 29.7 Å². The summed E-state index contributed by atoms with van der Waals surface area (Å²) in [4.78, 5) is 4.18. The van der Waals surface area contributed by atoms with Crippen LogP contribution in [0.2, 0.25) is 0 Å². The lowest BCUT2D eigenvalue weighted by atomic mass is 9.97. The third-order valence-electron chi connectivity index (χ3n) is 4.14. The lowest BCUT2D eigenvalue weighted by molar-refractivity contribution is 0.0730. The lowest BCUT2D eigenvalue weighted by Crippen LogP contribution is -2.23. The zero-order valence-corrected chi connectivity index (χ0v) is 13.9. The molecule has 0 saturated heterocycles. The third kappa shape index (κ3) is 3.33. The molecule has 0 radical (unpaired) electrons. The molecule has 2 heterocycles. The van der Waals surface area contributed by atoms with E-state index in [2.05, 4.69) is 26.7 Å². The number of ether oxygens (including phenoxy) is 1. The summed E-state index contributed by atoms with van der Waals surface area (Å²) < 4.78 is 7.70. The van der Waals surface area contributed by atoms with E-state index < -0.39 is 0 Å². The minimum absolute atomic E-state index is 0.391. The molecule has 0 spiro atoms. The first-order valence-electron chi connectivity index (χ1n) is 7.84. The van der Waals surface area contributed by atoms with Crippen molar-refractivity contribution >= 4 is 11.8 Å². The second-order valence-corrected chi connectivity index (χ2v) is 6.82. The predicted molar refractivity (Wildman–Crippen MR) is 87.8 cm³/mol. The van der Waals surface area contributed by atoms with Crippen LogP contribution in [0.25, 0.3) is 11.4 Å². The SMILES string of the molecule is CCn1c(SC2CCCC(OC)C2)nnc1-c1cccnc1. The molecule has 0 bridgehead atoms. The fraction of sp³-hybridized carbons (Fsp3) is 0.562. The van der Waals surface area contributed by atoms with Gasteiger partial charge in [-0.2, -0.15) is 0 Å². The molecule has 0 aromatic carbocycles. The summed E-state index contributed by atoms with van der Waals surface area (Å²) in [5.74, 6) is 0.900. The third-order valence-corrected chi connectivity index (χ3v) is 5.41. The van der Waals surface area contributed by atoms with Crippen molar-refractivity contribution in [3.8, 4) is 11.4 Å². The Bertz CT molecular complexity index is 601. The van der Waals surface area contributed by atoms with Crippen molar-refractivity contribution in [1.82, 2.24) is 19.7 Å². The van der Waals surface area contributed by atoms with E-state index in [4.69, 9.17) is 4.74 Å². The van der Waals surface area contributed by atoms with Gasteiger partial charge < -0.3 is 9.30 Å². The highest BCUT2D eigenvalue weighted by Crippen LogP contribution is 2.35. The number of hydrogen-bond acceptors (Lipinski definition) is 5. The van der Waals surface area contributed by atoms with Crippen LogP contribution in [-0.4, -0.2) is 38.2 Å². The largest absolute Gasteiger partial charge is 0.381 e. The van der Waals surface area contributed by atoms with Gasteiger partial charge in [0.25, 0.3) is 0 Å². The lowest BCUT2D eigenvalue weighted by Gasteiger charge is -2.27. The molecule has 1 fully saturated rings. The van der Waals surface area contributed by atoms with E-state index in [0.717, 1.165) is 29.5 Å². The van der Waals surface area contributed by atoms with E-state index in [9.17, 15) is 0 Å². The molecule has 118 valence electrons. The average Bonchev–Trinajstić information content (AvgIpc) is 2.98. The number of thioether (sulfide) groups is 1. The second-order valence-electron chi connectivity index (χ2n) is 5.56. The minimum atomic E-state index is 0.391.